The lowest BCUT2D eigenvalue weighted by Crippen LogP contribution is -2.46. The Morgan fingerprint density at radius 1 is 1.25 bits per heavy atom. The second-order valence-electron chi connectivity index (χ2n) is 6.44. The van der Waals surface area contributed by atoms with Crippen LogP contribution in [0.25, 0.3) is 0 Å². The molecule has 0 radical (unpaired) electrons. The van der Waals surface area contributed by atoms with Crippen LogP contribution in [-0.2, 0) is 16.0 Å². The summed E-state index contributed by atoms with van der Waals surface area (Å²) >= 11 is 0. The van der Waals surface area contributed by atoms with Gasteiger partial charge in [0, 0.05) is 13.0 Å². The molecule has 0 spiro atoms. The normalized spacial score (nSPS) is 12.4. The molecule has 5 nitrogen and oxygen atoms in total. The molecule has 0 aliphatic carbocycles. The highest BCUT2D eigenvalue weighted by atomic mass is 19.1. The van der Waals surface area contributed by atoms with Gasteiger partial charge in [0.1, 0.15) is 17.2 Å². The first-order chi connectivity index (χ1) is 11.1. The molecule has 0 heterocycles. The number of rotatable bonds is 6. The molecule has 1 unspecified atom stereocenters. The number of benzene rings is 1. The van der Waals surface area contributed by atoms with Gasteiger partial charge in [0.15, 0.2) is 0 Å². The average molecular weight is 342 g/mol. The van der Waals surface area contributed by atoms with Crippen LogP contribution in [0.4, 0.5) is 13.6 Å². The Morgan fingerprint density at radius 2 is 1.92 bits per heavy atom. The molecule has 7 heteroatoms. The van der Waals surface area contributed by atoms with Crippen molar-refractivity contribution in [3.8, 4) is 0 Å². The summed E-state index contributed by atoms with van der Waals surface area (Å²) in [6.45, 7) is 6.92. The van der Waals surface area contributed by atoms with E-state index >= 15 is 0 Å². The van der Waals surface area contributed by atoms with Crippen LogP contribution in [0.15, 0.2) is 18.2 Å². The first kappa shape index (κ1) is 19.9. The number of hydrogen-bond acceptors (Lipinski definition) is 3. The van der Waals surface area contributed by atoms with Crippen molar-refractivity contribution in [3.63, 3.8) is 0 Å². The van der Waals surface area contributed by atoms with Crippen LogP contribution in [0.3, 0.4) is 0 Å². The molecule has 2 N–H and O–H groups in total. The van der Waals surface area contributed by atoms with Crippen molar-refractivity contribution in [2.45, 2.75) is 52.2 Å². The molecule has 0 aliphatic rings. The summed E-state index contributed by atoms with van der Waals surface area (Å²) in [7, 11) is 0. The van der Waals surface area contributed by atoms with E-state index in [1.807, 2.05) is 0 Å². The lowest BCUT2D eigenvalue weighted by atomic mass is 10.0. The second-order valence-corrected chi connectivity index (χ2v) is 6.44. The van der Waals surface area contributed by atoms with Crippen LogP contribution in [-0.4, -0.2) is 30.2 Å². The SMILES string of the molecule is CCC(=O)NCC(Cc1cc(F)ccc1F)NC(=O)OC(C)(C)C. The summed E-state index contributed by atoms with van der Waals surface area (Å²) in [4.78, 5) is 23.3. The van der Waals surface area contributed by atoms with Crippen LogP contribution in [0.1, 0.15) is 39.7 Å². The molecule has 24 heavy (non-hydrogen) atoms. The summed E-state index contributed by atoms with van der Waals surface area (Å²) in [5.41, 5.74) is -0.576. The fourth-order valence-electron chi connectivity index (χ4n) is 1.98. The number of alkyl carbamates (subject to hydrolysis) is 1. The topological polar surface area (TPSA) is 67.4 Å². The van der Waals surface area contributed by atoms with Gasteiger partial charge in [0.25, 0.3) is 0 Å². The maximum atomic E-state index is 13.8. The molecule has 0 aliphatic heterocycles. The van der Waals surface area contributed by atoms with Crippen LogP contribution in [0.5, 0.6) is 0 Å². The summed E-state index contributed by atoms with van der Waals surface area (Å²) in [6.07, 6.45) is -0.379. The van der Waals surface area contributed by atoms with Gasteiger partial charge < -0.3 is 15.4 Å². The van der Waals surface area contributed by atoms with Gasteiger partial charge in [-0.25, -0.2) is 13.6 Å². The molecule has 2 amide bonds. The van der Waals surface area contributed by atoms with Gasteiger partial charge in [-0.1, -0.05) is 6.92 Å². The first-order valence-electron chi connectivity index (χ1n) is 7.81. The minimum atomic E-state index is -0.689. The van der Waals surface area contributed by atoms with Crippen molar-refractivity contribution in [1.29, 1.82) is 0 Å². The number of carbonyl (C=O) groups is 2. The molecule has 0 fully saturated rings. The zero-order valence-corrected chi connectivity index (χ0v) is 14.4. The zero-order chi connectivity index (χ0) is 18.3. The first-order valence-corrected chi connectivity index (χ1v) is 7.81. The van der Waals surface area contributed by atoms with Crippen molar-refractivity contribution >= 4 is 12.0 Å². The van der Waals surface area contributed by atoms with Crippen LogP contribution >= 0.6 is 0 Å². The molecular formula is C17H24F2N2O3. The number of amides is 2. The van der Waals surface area contributed by atoms with E-state index in [9.17, 15) is 18.4 Å². The Labute approximate surface area is 140 Å². The molecule has 1 rings (SSSR count). The van der Waals surface area contributed by atoms with E-state index in [0.717, 1.165) is 18.2 Å². The Hall–Kier alpha value is -2.18. The monoisotopic (exact) mass is 342 g/mol. The third-order valence-electron chi connectivity index (χ3n) is 3.06. The van der Waals surface area contributed by atoms with Crippen LogP contribution in [0.2, 0.25) is 0 Å². The number of hydrogen-bond donors (Lipinski definition) is 2. The van der Waals surface area contributed by atoms with Crippen molar-refractivity contribution < 1.29 is 23.1 Å². The van der Waals surface area contributed by atoms with Crippen LogP contribution in [0, 0.1) is 11.6 Å². The van der Waals surface area contributed by atoms with Gasteiger partial charge >= 0.3 is 6.09 Å². The zero-order valence-electron chi connectivity index (χ0n) is 14.4. The van der Waals surface area contributed by atoms with Crippen molar-refractivity contribution in [1.82, 2.24) is 10.6 Å². The van der Waals surface area contributed by atoms with E-state index in [-0.39, 0.29) is 30.9 Å². The minimum Gasteiger partial charge on any atom is -0.444 e. The highest BCUT2D eigenvalue weighted by Gasteiger charge is 2.21. The smallest absolute Gasteiger partial charge is 0.407 e. The quantitative estimate of drug-likeness (QED) is 0.835. The highest BCUT2D eigenvalue weighted by molar-refractivity contribution is 5.75. The van der Waals surface area contributed by atoms with E-state index in [2.05, 4.69) is 10.6 Å². The predicted molar refractivity (Wildman–Crippen MR) is 86.5 cm³/mol. The average Bonchev–Trinajstić information content (AvgIpc) is 2.46. The predicted octanol–water partition coefficient (Wildman–Crippen LogP) is 2.93. The molecule has 0 aromatic heterocycles. The van der Waals surface area contributed by atoms with Gasteiger partial charge in [-0.3, -0.25) is 4.79 Å². The van der Waals surface area contributed by atoms with E-state index in [1.54, 1.807) is 27.7 Å². The Bertz CT molecular complexity index is 586. The van der Waals surface area contributed by atoms with E-state index in [0.29, 0.717) is 0 Å². The van der Waals surface area contributed by atoms with E-state index in [4.69, 9.17) is 4.74 Å². The second kappa shape index (κ2) is 8.61. The maximum Gasteiger partial charge on any atom is 0.407 e. The van der Waals surface area contributed by atoms with E-state index < -0.39 is 29.4 Å². The summed E-state index contributed by atoms with van der Waals surface area (Å²) in [5, 5.41) is 5.21. The molecule has 0 saturated carbocycles. The molecule has 0 bridgehead atoms. The molecule has 1 atom stereocenters. The standard InChI is InChI=1S/C17H24F2N2O3/c1-5-15(22)20-10-13(21-16(23)24-17(2,3)4)9-11-8-12(18)6-7-14(11)19/h6-8,13H,5,9-10H2,1-4H3,(H,20,22)(H,21,23). The molecule has 1 aromatic rings. The number of ether oxygens (including phenoxy) is 1. The van der Waals surface area contributed by atoms with Crippen LogP contribution < -0.4 is 10.6 Å². The third-order valence-corrected chi connectivity index (χ3v) is 3.06. The van der Waals surface area contributed by atoms with Gasteiger partial charge in [-0.05, 0) is 51.0 Å². The summed E-state index contributed by atoms with van der Waals surface area (Å²) in [5.74, 6) is -1.35. The Kier molecular flexibility index (Phi) is 7.13. The van der Waals surface area contributed by atoms with Gasteiger partial charge in [0.05, 0.1) is 6.04 Å². The van der Waals surface area contributed by atoms with Crippen molar-refractivity contribution in [3.05, 3.63) is 35.4 Å². The van der Waals surface area contributed by atoms with Gasteiger partial charge in [0.2, 0.25) is 5.91 Å². The summed E-state index contributed by atoms with van der Waals surface area (Å²) < 4.78 is 32.3. The highest BCUT2D eigenvalue weighted by Crippen LogP contribution is 2.13. The number of halogens is 2. The molecule has 134 valence electrons. The van der Waals surface area contributed by atoms with Crippen molar-refractivity contribution in [2.75, 3.05) is 6.54 Å². The number of nitrogens with one attached hydrogen (secondary N) is 2. The van der Waals surface area contributed by atoms with Crippen molar-refractivity contribution in [2.24, 2.45) is 0 Å². The lowest BCUT2D eigenvalue weighted by Gasteiger charge is -2.24. The van der Waals surface area contributed by atoms with E-state index in [1.165, 1.54) is 0 Å². The third kappa shape index (κ3) is 7.39. The van der Waals surface area contributed by atoms with Gasteiger partial charge in [-0.2, -0.15) is 0 Å². The Morgan fingerprint density at radius 3 is 2.50 bits per heavy atom. The lowest BCUT2D eigenvalue weighted by molar-refractivity contribution is -0.120. The fourth-order valence-corrected chi connectivity index (χ4v) is 1.98. The largest absolute Gasteiger partial charge is 0.444 e. The molecular weight excluding hydrogens is 318 g/mol. The maximum absolute atomic E-state index is 13.8. The molecule has 0 saturated heterocycles. The molecule has 1 aromatic carbocycles. The minimum absolute atomic E-state index is 0.0207. The summed E-state index contributed by atoms with van der Waals surface area (Å²) in [6, 6.07) is 2.49. The fraction of sp³-hybridized carbons (Fsp3) is 0.529. The Balaban J connectivity index is 2.82. The number of carbonyl (C=O) groups excluding carboxylic acids is 2. The van der Waals surface area contributed by atoms with Gasteiger partial charge in [-0.15, -0.1) is 0 Å².